The normalized spacial score (nSPS) is 21.8. The average Bonchev–Trinajstić information content (AvgIpc) is 3.39. The van der Waals surface area contributed by atoms with Crippen molar-refractivity contribution in [3.63, 3.8) is 0 Å². The highest BCUT2D eigenvalue weighted by molar-refractivity contribution is 5.98. The van der Waals surface area contributed by atoms with Gasteiger partial charge in [0.05, 0.1) is 23.8 Å². The third-order valence-corrected chi connectivity index (χ3v) is 8.61. The molecule has 0 radical (unpaired) electrons. The number of hydrogen-bond donors (Lipinski definition) is 1. The highest BCUT2D eigenvalue weighted by Gasteiger charge is 2.43. The van der Waals surface area contributed by atoms with Crippen molar-refractivity contribution in [2.75, 3.05) is 27.2 Å². The first kappa shape index (κ1) is 23.3. The van der Waals surface area contributed by atoms with E-state index in [2.05, 4.69) is 33.7 Å². The second-order valence-electron chi connectivity index (χ2n) is 11.2. The fourth-order valence-electron chi connectivity index (χ4n) is 7.11. The summed E-state index contributed by atoms with van der Waals surface area (Å²) in [5, 5.41) is 11.0. The van der Waals surface area contributed by atoms with E-state index in [1.807, 2.05) is 31.1 Å². The van der Waals surface area contributed by atoms with Crippen molar-refractivity contribution in [3.8, 4) is 11.3 Å². The van der Waals surface area contributed by atoms with Crippen LogP contribution >= 0.6 is 0 Å². The lowest BCUT2D eigenvalue weighted by molar-refractivity contribution is -0.133. The maximum atomic E-state index is 13.3. The molecule has 1 saturated carbocycles. The van der Waals surface area contributed by atoms with Gasteiger partial charge in [-0.25, -0.2) is 4.79 Å². The first-order chi connectivity index (χ1) is 17.4. The van der Waals surface area contributed by atoms with Gasteiger partial charge in [-0.05, 0) is 62.5 Å². The molecular weight excluding hydrogens is 450 g/mol. The summed E-state index contributed by atoms with van der Waals surface area (Å²) in [6.07, 6.45) is 7.07. The van der Waals surface area contributed by atoms with Crippen molar-refractivity contribution >= 4 is 22.8 Å². The van der Waals surface area contributed by atoms with E-state index >= 15 is 0 Å². The predicted octanol–water partition coefficient (Wildman–Crippen LogP) is 5.52. The molecule has 6 rings (SSSR count). The average molecular weight is 486 g/mol. The largest absolute Gasteiger partial charge is 0.478 e. The Hall–Kier alpha value is -3.12. The molecular formula is C30H35N3O3. The Labute approximate surface area is 212 Å². The van der Waals surface area contributed by atoms with Crippen molar-refractivity contribution in [2.24, 2.45) is 5.92 Å². The van der Waals surface area contributed by atoms with Crippen LogP contribution < -0.4 is 0 Å². The van der Waals surface area contributed by atoms with Gasteiger partial charge in [-0.2, -0.15) is 0 Å². The number of benzene rings is 2. The molecule has 188 valence electrons. The van der Waals surface area contributed by atoms with E-state index in [1.54, 1.807) is 6.07 Å². The van der Waals surface area contributed by atoms with Crippen LogP contribution in [0.4, 0.5) is 0 Å². The van der Waals surface area contributed by atoms with Gasteiger partial charge >= 0.3 is 5.97 Å². The molecule has 3 aliphatic rings. The van der Waals surface area contributed by atoms with Crippen LogP contribution in [0.1, 0.15) is 72.0 Å². The summed E-state index contributed by atoms with van der Waals surface area (Å²) < 4.78 is 2.41. The number of likely N-dealkylation sites (N-methyl/N-ethyl adjacent to an activating group) is 1. The standard InChI is InChI=1S/C30H35N3O3/c1-31(2)18-26(34)32-15-14-21-17-33-25-16-20(30(35)36)12-13-24(25)27(19-8-4-3-5-9-19)29(33)23-11-7-6-10-22(23)28(21)32/h6-7,10-13,16,19,21,28H,3-5,8-9,14-15,17-18H2,1-2H3,(H,35,36)/t21-,28-/m0/s1. The molecule has 6 heteroatoms. The number of amides is 1. The quantitative estimate of drug-likeness (QED) is 0.529. The van der Waals surface area contributed by atoms with Crippen molar-refractivity contribution in [3.05, 3.63) is 59.2 Å². The van der Waals surface area contributed by atoms with Crippen LogP contribution in [0.25, 0.3) is 22.2 Å². The number of rotatable bonds is 4. The second-order valence-corrected chi connectivity index (χ2v) is 11.2. The van der Waals surface area contributed by atoms with Crippen molar-refractivity contribution in [1.82, 2.24) is 14.4 Å². The number of likely N-dealkylation sites (tertiary alicyclic amines) is 1. The Kier molecular flexibility index (Phi) is 5.87. The number of carbonyl (C=O) groups is 2. The Morgan fingerprint density at radius 1 is 1.03 bits per heavy atom. The molecule has 6 nitrogen and oxygen atoms in total. The van der Waals surface area contributed by atoms with Gasteiger partial charge < -0.3 is 19.5 Å². The molecule has 2 fully saturated rings. The first-order valence-corrected chi connectivity index (χ1v) is 13.4. The zero-order chi connectivity index (χ0) is 25.0. The lowest BCUT2D eigenvalue weighted by Gasteiger charge is -2.30. The maximum Gasteiger partial charge on any atom is 0.335 e. The van der Waals surface area contributed by atoms with Crippen molar-refractivity contribution < 1.29 is 14.7 Å². The third-order valence-electron chi connectivity index (χ3n) is 8.61. The van der Waals surface area contributed by atoms with Gasteiger partial charge in [0.15, 0.2) is 0 Å². The number of fused-ring (bicyclic) bond motifs is 7. The molecule has 3 aromatic rings. The van der Waals surface area contributed by atoms with E-state index in [1.165, 1.54) is 59.9 Å². The summed E-state index contributed by atoms with van der Waals surface area (Å²) in [4.78, 5) is 29.3. The predicted molar refractivity (Wildman–Crippen MR) is 141 cm³/mol. The molecule has 2 aliphatic heterocycles. The van der Waals surface area contributed by atoms with Gasteiger partial charge in [0, 0.05) is 35.5 Å². The minimum Gasteiger partial charge on any atom is -0.478 e. The van der Waals surface area contributed by atoms with Gasteiger partial charge in [-0.3, -0.25) is 4.79 Å². The zero-order valence-electron chi connectivity index (χ0n) is 21.2. The zero-order valence-corrected chi connectivity index (χ0v) is 21.2. The molecule has 1 N–H and O–H groups in total. The van der Waals surface area contributed by atoms with Crippen LogP contribution in [-0.4, -0.2) is 58.5 Å². The summed E-state index contributed by atoms with van der Waals surface area (Å²) >= 11 is 0. The van der Waals surface area contributed by atoms with Gasteiger partial charge in [0.25, 0.3) is 0 Å². The fourth-order valence-corrected chi connectivity index (χ4v) is 7.11. The smallest absolute Gasteiger partial charge is 0.335 e. The molecule has 2 atom stereocenters. The van der Waals surface area contributed by atoms with Crippen LogP contribution in [0.3, 0.4) is 0 Å². The molecule has 3 heterocycles. The minimum absolute atomic E-state index is 0.0467. The van der Waals surface area contributed by atoms with Crippen LogP contribution in [0.15, 0.2) is 42.5 Å². The molecule has 2 aromatic carbocycles. The number of hydrogen-bond acceptors (Lipinski definition) is 3. The van der Waals surface area contributed by atoms with E-state index in [0.29, 0.717) is 23.9 Å². The van der Waals surface area contributed by atoms with Crippen LogP contribution in [0.2, 0.25) is 0 Å². The summed E-state index contributed by atoms with van der Waals surface area (Å²) in [7, 11) is 3.89. The molecule has 1 amide bonds. The Bertz CT molecular complexity index is 1330. The number of carboxylic acid groups (broad SMARTS) is 1. The molecule has 36 heavy (non-hydrogen) atoms. The van der Waals surface area contributed by atoms with Gasteiger partial charge in [0.2, 0.25) is 5.91 Å². The van der Waals surface area contributed by atoms with Crippen molar-refractivity contribution in [2.45, 2.75) is 57.0 Å². The molecule has 0 spiro atoms. The summed E-state index contributed by atoms with van der Waals surface area (Å²) in [6.45, 7) is 1.98. The lowest BCUT2D eigenvalue weighted by atomic mass is 9.81. The third kappa shape index (κ3) is 3.74. The topological polar surface area (TPSA) is 65.8 Å². The maximum absolute atomic E-state index is 13.3. The molecule has 0 bridgehead atoms. The van der Waals surface area contributed by atoms with E-state index in [4.69, 9.17) is 0 Å². The number of aromatic carboxylic acids is 1. The van der Waals surface area contributed by atoms with E-state index in [0.717, 1.165) is 25.0 Å². The number of carbonyl (C=O) groups excluding carboxylic acids is 1. The molecule has 1 aliphatic carbocycles. The Balaban J connectivity index is 1.58. The van der Waals surface area contributed by atoms with Gasteiger partial charge in [-0.15, -0.1) is 0 Å². The van der Waals surface area contributed by atoms with Crippen molar-refractivity contribution in [1.29, 1.82) is 0 Å². The lowest BCUT2D eigenvalue weighted by Crippen LogP contribution is -2.38. The SMILES string of the molecule is CN(C)CC(=O)N1CC[C@H]2Cn3c(c(C4CCCCC4)c4ccc(C(=O)O)cc43)-c3ccccc3[C@H]21. The highest BCUT2D eigenvalue weighted by atomic mass is 16.4. The molecule has 0 unspecified atom stereocenters. The van der Waals surface area contributed by atoms with Crippen LogP contribution in [-0.2, 0) is 11.3 Å². The van der Waals surface area contributed by atoms with E-state index in [-0.39, 0.29) is 11.9 Å². The monoisotopic (exact) mass is 485 g/mol. The van der Waals surface area contributed by atoms with Gasteiger partial charge in [-0.1, -0.05) is 49.6 Å². The number of carboxylic acids is 1. The van der Waals surface area contributed by atoms with E-state index < -0.39 is 5.97 Å². The first-order valence-electron chi connectivity index (χ1n) is 13.4. The van der Waals surface area contributed by atoms with Crippen LogP contribution in [0.5, 0.6) is 0 Å². The highest BCUT2D eigenvalue weighted by Crippen LogP contribution is 2.51. The minimum atomic E-state index is -0.889. The Morgan fingerprint density at radius 3 is 2.56 bits per heavy atom. The Morgan fingerprint density at radius 2 is 1.81 bits per heavy atom. The molecule has 1 saturated heterocycles. The summed E-state index contributed by atoms with van der Waals surface area (Å²) in [5.41, 5.74) is 6.46. The number of nitrogens with zero attached hydrogens (tertiary/aromatic N) is 3. The molecule has 1 aromatic heterocycles. The van der Waals surface area contributed by atoms with E-state index in [9.17, 15) is 14.7 Å². The number of aromatic nitrogens is 1. The second kappa shape index (κ2) is 9.07. The van der Waals surface area contributed by atoms with Gasteiger partial charge in [0.1, 0.15) is 0 Å². The summed E-state index contributed by atoms with van der Waals surface area (Å²) in [6, 6.07) is 14.4. The summed E-state index contributed by atoms with van der Waals surface area (Å²) in [5.74, 6) is 0.0618. The fraction of sp³-hybridized carbons (Fsp3) is 0.467. The van der Waals surface area contributed by atoms with Crippen LogP contribution in [0, 0.1) is 5.92 Å².